The van der Waals surface area contributed by atoms with Crippen molar-refractivity contribution < 1.29 is 17.7 Å². The quantitative estimate of drug-likeness (QED) is 0.801. The SMILES string of the molecule is O=S1(=O)OCCCC1C(O)c1ccsc1. The summed E-state index contributed by atoms with van der Waals surface area (Å²) >= 11 is 1.44. The van der Waals surface area contributed by atoms with Crippen LogP contribution in [0.3, 0.4) is 0 Å². The van der Waals surface area contributed by atoms with E-state index in [1.54, 1.807) is 11.4 Å². The van der Waals surface area contributed by atoms with Crippen LogP contribution >= 0.6 is 11.3 Å². The fraction of sp³-hybridized carbons (Fsp3) is 0.556. The minimum absolute atomic E-state index is 0.231. The molecule has 0 spiro atoms. The number of hydrogen-bond acceptors (Lipinski definition) is 5. The Morgan fingerprint density at radius 3 is 3.00 bits per heavy atom. The normalized spacial score (nSPS) is 27.4. The van der Waals surface area contributed by atoms with Gasteiger partial charge in [-0.3, -0.25) is 4.18 Å². The molecule has 84 valence electrons. The van der Waals surface area contributed by atoms with Crippen molar-refractivity contribution in [2.75, 3.05) is 6.61 Å². The second-order valence-corrected chi connectivity index (χ2v) is 6.10. The average molecular weight is 248 g/mol. The highest BCUT2D eigenvalue weighted by Gasteiger charge is 2.36. The van der Waals surface area contributed by atoms with Gasteiger partial charge in [-0.05, 0) is 35.2 Å². The molecule has 1 fully saturated rings. The molecule has 0 saturated carbocycles. The van der Waals surface area contributed by atoms with E-state index >= 15 is 0 Å². The maximum atomic E-state index is 11.5. The largest absolute Gasteiger partial charge is 0.387 e. The fourth-order valence-corrected chi connectivity index (χ4v) is 3.81. The third kappa shape index (κ3) is 2.23. The summed E-state index contributed by atoms with van der Waals surface area (Å²) in [6.45, 7) is 0.231. The highest BCUT2D eigenvalue weighted by molar-refractivity contribution is 7.87. The first-order valence-corrected chi connectivity index (χ1v) is 7.11. The van der Waals surface area contributed by atoms with Gasteiger partial charge in [-0.25, -0.2) is 0 Å². The Morgan fingerprint density at radius 2 is 2.40 bits per heavy atom. The van der Waals surface area contributed by atoms with Gasteiger partial charge in [0.1, 0.15) is 5.25 Å². The van der Waals surface area contributed by atoms with Gasteiger partial charge >= 0.3 is 0 Å². The Morgan fingerprint density at radius 1 is 1.60 bits per heavy atom. The first kappa shape index (κ1) is 11.1. The van der Waals surface area contributed by atoms with Crippen LogP contribution in [0.1, 0.15) is 24.5 Å². The van der Waals surface area contributed by atoms with Crippen molar-refractivity contribution in [2.45, 2.75) is 24.2 Å². The van der Waals surface area contributed by atoms with E-state index in [4.69, 9.17) is 4.18 Å². The van der Waals surface area contributed by atoms with Crippen molar-refractivity contribution in [3.63, 3.8) is 0 Å². The first-order valence-electron chi connectivity index (χ1n) is 4.69. The van der Waals surface area contributed by atoms with Crippen LogP contribution in [-0.4, -0.2) is 25.4 Å². The average Bonchev–Trinajstić information content (AvgIpc) is 2.69. The third-order valence-corrected chi connectivity index (χ3v) is 4.92. The van der Waals surface area contributed by atoms with Crippen molar-refractivity contribution in [1.29, 1.82) is 0 Å². The van der Waals surface area contributed by atoms with E-state index in [9.17, 15) is 13.5 Å². The van der Waals surface area contributed by atoms with E-state index in [1.807, 2.05) is 5.38 Å². The zero-order valence-electron chi connectivity index (χ0n) is 8.00. The summed E-state index contributed by atoms with van der Waals surface area (Å²) in [5, 5.41) is 12.7. The molecule has 0 aliphatic carbocycles. The number of aliphatic hydroxyl groups excluding tert-OH is 1. The molecule has 1 aromatic heterocycles. The van der Waals surface area contributed by atoms with E-state index in [-0.39, 0.29) is 6.61 Å². The second kappa shape index (κ2) is 4.21. The molecule has 1 N–H and O–H groups in total. The van der Waals surface area contributed by atoms with E-state index in [1.165, 1.54) is 11.3 Å². The van der Waals surface area contributed by atoms with E-state index in [2.05, 4.69) is 0 Å². The minimum atomic E-state index is -3.59. The van der Waals surface area contributed by atoms with Gasteiger partial charge in [-0.15, -0.1) is 0 Å². The van der Waals surface area contributed by atoms with Crippen LogP contribution in [0.4, 0.5) is 0 Å². The monoisotopic (exact) mass is 248 g/mol. The Kier molecular flexibility index (Phi) is 3.11. The van der Waals surface area contributed by atoms with Crippen LogP contribution in [-0.2, 0) is 14.3 Å². The standard InChI is InChI=1S/C9H12O4S2/c10-9(7-3-5-14-6-7)8-2-1-4-13-15(8,11)12/h3,5-6,8-10H,1-2,4H2. The van der Waals surface area contributed by atoms with Gasteiger partial charge in [0.15, 0.2) is 0 Å². The van der Waals surface area contributed by atoms with Gasteiger partial charge in [-0.1, -0.05) is 0 Å². The highest BCUT2D eigenvalue weighted by atomic mass is 32.2. The summed E-state index contributed by atoms with van der Waals surface area (Å²) in [7, 11) is -3.59. The van der Waals surface area contributed by atoms with Crippen LogP contribution in [0.15, 0.2) is 16.8 Å². The Balaban J connectivity index is 2.23. The van der Waals surface area contributed by atoms with Crippen molar-refractivity contribution in [3.8, 4) is 0 Å². The topological polar surface area (TPSA) is 63.6 Å². The van der Waals surface area contributed by atoms with Crippen LogP contribution in [0, 0.1) is 0 Å². The molecule has 2 atom stereocenters. The van der Waals surface area contributed by atoms with E-state index in [0.717, 1.165) is 0 Å². The molecule has 2 unspecified atom stereocenters. The molecule has 1 saturated heterocycles. The van der Waals surface area contributed by atoms with Gasteiger partial charge in [0.2, 0.25) is 0 Å². The molecule has 2 rings (SSSR count). The molecule has 0 bridgehead atoms. The van der Waals surface area contributed by atoms with Gasteiger partial charge < -0.3 is 5.11 Å². The molecule has 2 heterocycles. The Hall–Kier alpha value is -0.430. The predicted molar refractivity (Wildman–Crippen MR) is 57.2 cm³/mol. The van der Waals surface area contributed by atoms with Crippen molar-refractivity contribution in [2.24, 2.45) is 0 Å². The fourth-order valence-electron chi connectivity index (χ4n) is 1.67. The van der Waals surface area contributed by atoms with Gasteiger partial charge in [-0.2, -0.15) is 19.8 Å². The zero-order chi connectivity index (χ0) is 10.9. The number of hydrogen-bond donors (Lipinski definition) is 1. The molecule has 0 aromatic carbocycles. The van der Waals surface area contributed by atoms with Gasteiger partial charge in [0.05, 0.1) is 12.7 Å². The molecule has 6 heteroatoms. The van der Waals surface area contributed by atoms with Gasteiger partial charge in [0, 0.05) is 0 Å². The maximum absolute atomic E-state index is 11.5. The van der Waals surface area contributed by atoms with E-state index < -0.39 is 21.5 Å². The smallest absolute Gasteiger partial charge is 0.273 e. The minimum Gasteiger partial charge on any atom is -0.387 e. The van der Waals surface area contributed by atoms with Crippen molar-refractivity contribution in [3.05, 3.63) is 22.4 Å². The van der Waals surface area contributed by atoms with Crippen LogP contribution < -0.4 is 0 Å². The summed E-state index contributed by atoms with van der Waals surface area (Å²) in [5.41, 5.74) is 0.652. The lowest BCUT2D eigenvalue weighted by Gasteiger charge is -2.25. The molecule has 0 radical (unpaired) electrons. The summed E-state index contributed by atoms with van der Waals surface area (Å²) in [5.74, 6) is 0. The Labute approximate surface area is 92.6 Å². The molecule has 1 aromatic rings. The second-order valence-electron chi connectivity index (χ2n) is 3.50. The summed E-state index contributed by atoms with van der Waals surface area (Å²) in [6.07, 6.45) is 0.159. The van der Waals surface area contributed by atoms with E-state index in [0.29, 0.717) is 18.4 Å². The highest BCUT2D eigenvalue weighted by Crippen LogP contribution is 2.30. The van der Waals surface area contributed by atoms with Gasteiger partial charge in [0.25, 0.3) is 10.1 Å². The molecular formula is C9H12O4S2. The third-order valence-electron chi connectivity index (χ3n) is 2.49. The molecule has 1 aliphatic heterocycles. The summed E-state index contributed by atoms with van der Waals surface area (Å²) in [6, 6.07) is 1.74. The Bertz CT molecular complexity index is 409. The van der Waals surface area contributed by atoms with Crippen molar-refractivity contribution in [1.82, 2.24) is 0 Å². The lowest BCUT2D eigenvalue weighted by molar-refractivity contribution is 0.145. The van der Waals surface area contributed by atoms with Crippen LogP contribution in [0.2, 0.25) is 0 Å². The summed E-state index contributed by atoms with van der Waals surface area (Å²) in [4.78, 5) is 0. The number of aliphatic hydroxyl groups is 1. The lowest BCUT2D eigenvalue weighted by atomic mass is 10.1. The lowest BCUT2D eigenvalue weighted by Crippen LogP contribution is -2.34. The maximum Gasteiger partial charge on any atom is 0.273 e. The first-order chi connectivity index (χ1) is 7.11. The van der Waals surface area contributed by atoms with Crippen LogP contribution in [0.5, 0.6) is 0 Å². The van der Waals surface area contributed by atoms with Crippen molar-refractivity contribution >= 4 is 21.5 Å². The zero-order valence-corrected chi connectivity index (χ0v) is 9.63. The molecular weight excluding hydrogens is 236 g/mol. The molecule has 4 nitrogen and oxygen atoms in total. The van der Waals surface area contributed by atoms with Crippen LogP contribution in [0.25, 0.3) is 0 Å². The molecule has 0 amide bonds. The number of rotatable bonds is 2. The predicted octanol–water partition coefficient (Wildman–Crippen LogP) is 1.29. The number of thiophene rings is 1. The summed E-state index contributed by atoms with van der Waals surface area (Å²) < 4.78 is 27.8. The molecule has 1 aliphatic rings. The molecule has 15 heavy (non-hydrogen) atoms.